The lowest BCUT2D eigenvalue weighted by Gasteiger charge is -2.09. The molecule has 16 heavy (non-hydrogen) atoms. The van der Waals surface area contributed by atoms with Gasteiger partial charge >= 0.3 is 5.97 Å². The Labute approximate surface area is 94.1 Å². The van der Waals surface area contributed by atoms with Gasteiger partial charge in [-0.05, 0) is 31.0 Å². The molecule has 84 valence electrons. The number of ether oxygens (including phenoxy) is 1. The number of nitriles is 1. The van der Waals surface area contributed by atoms with Crippen LogP contribution in [0, 0.1) is 18.3 Å². The number of aliphatic hydroxyl groups excluding tert-OH is 1. The van der Waals surface area contributed by atoms with Crippen LogP contribution in [0.3, 0.4) is 0 Å². The van der Waals surface area contributed by atoms with Crippen molar-refractivity contribution in [3.8, 4) is 6.07 Å². The first kappa shape index (κ1) is 12.2. The van der Waals surface area contributed by atoms with Crippen molar-refractivity contribution in [1.29, 1.82) is 5.26 Å². The molecule has 0 saturated heterocycles. The summed E-state index contributed by atoms with van der Waals surface area (Å²) in [5.41, 5.74) is 1.78. The third kappa shape index (κ3) is 2.20. The Balaban J connectivity index is 3.25. The van der Waals surface area contributed by atoms with Gasteiger partial charge in [-0.25, -0.2) is 4.79 Å². The first-order chi connectivity index (χ1) is 7.65. The number of aliphatic hydroxyl groups is 1. The molecule has 0 aliphatic rings. The van der Waals surface area contributed by atoms with Gasteiger partial charge in [-0.3, -0.25) is 0 Å². The zero-order chi connectivity index (χ0) is 12.1. The number of benzene rings is 1. The number of hydrogen-bond donors (Lipinski definition) is 1. The molecule has 0 heterocycles. The number of hydrogen-bond acceptors (Lipinski definition) is 4. The Bertz CT molecular complexity index is 446. The van der Waals surface area contributed by atoms with E-state index in [4.69, 9.17) is 15.1 Å². The van der Waals surface area contributed by atoms with Crippen LogP contribution in [0.2, 0.25) is 0 Å². The molecular formula is C12H13NO3. The number of nitrogens with zero attached hydrogens (tertiary/aromatic N) is 1. The third-order valence-corrected chi connectivity index (χ3v) is 2.33. The maximum atomic E-state index is 11.5. The number of carbonyl (C=O) groups excluding carboxylic acids is 1. The second kappa shape index (κ2) is 5.29. The van der Waals surface area contributed by atoms with Crippen LogP contribution in [0.15, 0.2) is 12.1 Å². The highest BCUT2D eigenvalue weighted by Gasteiger charge is 2.15. The van der Waals surface area contributed by atoms with Crippen LogP contribution in [0.4, 0.5) is 0 Å². The van der Waals surface area contributed by atoms with E-state index in [-0.39, 0.29) is 6.61 Å². The minimum atomic E-state index is -0.444. The molecule has 1 aromatic carbocycles. The Morgan fingerprint density at radius 3 is 2.75 bits per heavy atom. The Kier molecular flexibility index (Phi) is 4.03. The van der Waals surface area contributed by atoms with Gasteiger partial charge in [-0.1, -0.05) is 6.07 Å². The summed E-state index contributed by atoms with van der Waals surface area (Å²) < 4.78 is 4.87. The lowest BCUT2D eigenvalue weighted by Crippen LogP contribution is -2.09. The first-order valence-electron chi connectivity index (χ1n) is 4.96. The molecule has 1 N–H and O–H groups in total. The van der Waals surface area contributed by atoms with Crippen LogP contribution >= 0.6 is 0 Å². The molecule has 4 nitrogen and oxygen atoms in total. The maximum absolute atomic E-state index is 11.5. The lowest BCUT2D eigenvalue weighted by molar-refractivity contribution is 0.0525. The largest absolute Gasteiger partial charge is 0.462 e. The topological polar surface area (TPSA) is 70.3 Å². The van der Waals surface area contributed by atoms with Crippen molar-refractivity contribution in [2.45, 2.75) is 20.5 Å². The second-order valence-electron chi connectivity index (χ2n) is 3.26. The molecular weight excluding hydrogens is 206 g/mol. The number of rotatable bonds is 3. The molecule has 0 bridgehead atoms. The van der Waals surface area contributed by atoms with Gasteiger partial charge in [0, 0.05) is 0 Å². The highest BCUT2D eigenvalue weighted by atomic mass is 16.5. The van der Waals surface area contributed by atoms with Gasteiger partial charge in [-0.15, -0.1) is 0 Å². The van der Waals surface area contributed by atoms with E-state index in [1.165, 1.54) is 0 Å². The van der Waals surface area contributed by atoms with Crippen LogP contribution in [-0.2, 0) is 11.3 Å². The van der Waals surface area contributed by atoms with E-state index >= 15 is 0 Å². The van der Waals surface area contributed by atoms with E-state index in [1.807, 2.05) is 6.07 Å². The first-order valence-corrected chi connectivity index (χ1v) is 4.96. The van der Waals surface area contributed by atoms with Gasteiger partial charge in [-0.2, -0.15) is 5.26 Å². The van der Waals surface area contributed by atoms with Crippen molar-refractivity contribution < 1.29 is 14.6 Å². The molecule has 0 aliphatic heterocycles. The van der Waals surface area contributed by atoms with Gasteiger partial charge in [0.1, 0.15) is 0 Å². The van der Waals surface area contributed by atoms with Crippen molar-refractivity contribution in [3.63, 3.8) is 0 Å². The van der Waals surface area contributed by atoms with Gasteiger partial charge in [0.15, 0.2) is 0 Å². The molecule has 0 atom stereocenters. The Morgan fingerprint density at radius 2 is 2.25 bits per heavy atom. The molecule has 0 unspecified atom stereocenters. The molecule has 1 aromatic rings. The Hall–Kier alpha value is -1.86. The fourth-order valence-electron chi connectivity index (χ4n) is 1.49. The van der Waals surface area contributed by atoms with Gasteiger partial charge in [0.2, 0.25) is 0 Å². The predicted molar refractivity (Wildman–Crippen MR) is 57.8 cm³/mol. The summed E-state index contributed by atoms with van der Waals surface area (Å²) in [6, 6.07) is 5.12. The third-order valence-electron chi connectivity index (χ3n) is 2.33. The van der Waals surface area contributed by atoms with Crippen molar-refractivity contribution in [2.24, 2.45) is 0 Å². The van der Waals surface area contributed by atoms with E-state index < -0.39 is 5.97 Å². The second-order valence-corrected chi connectivity index (χ2v) is 3.26. The molecule has 0 saturated carbocycles. The van der Waals surface area contributed by atoms with Gasteiger partial charge in [0.05, 0.1) is 30.4 Å². The van der Waals surface area contributed by atoms with Crippen molar-refractivity contribution >= 4 is 5.97 Å². The smallest absolute Gasteiger partial charge is 0.338 e. The lowest BCUT2D eigenvalue weighted by atomic mass is 9.98. The predicted octanol–water partition coefficient (Wildman–Crippen LogP) is 1.54. The van der Waals surface area contributed by atoms with Crippen LogP contribution in [0.25, 0.3) is 0 Å². The number of esters is 1. The molecule has 0 spiro atoms. The minimum absolute atomic E-state index is 0.215. The summed E-state index contributed by atoms with van der Waals surface area (Å²) in [5.74, 6) is -0.444. The van der Waals surface area contributed by atoms with E-state index in [0.29, 0.717) is 28.9 Å². The molecule has 4 heteroatoms. The summed E-state index contributed by atoms with van der Waals surface area (Å²) in [5, 5.41) is 18.0. The zero-order valence-corrected chi connectivity index (χ0v) is 9.28. The molecule has 0 radical (unpaired) electrons. The molecule has 0 aliphatic carbocycles. The van der Waals surface area contributed by atoms with E-state index in [9.17, 15) is 4.79 Å². The molecule has 1 rings (SSSR count). The van der Waals surface area contributed by atoms with Crippen LogP contribution < -0.4 is 0 Å². The van der Waals surface area contributed by atoms with Crippen molar-refractivity contribution in [1.82, 2.24) is 0 Å². The quantitative estimate of drug-likeness (QED) is 0.783. The summed E-state index contributed by atoms with van der Waals surface area (Å²) in [6.45, 7) is 3.47. The summed E-state index contributed by atoms with van der Waals surface area (Å²) in [6.07, 6.45) is 0. The summed E-state index contributed by atoms with van der Waals surface area (Å²) >= 11 is 0. The minimum Gasteiger partial charge on any atom is -0.462 e. The van der Waals surface area contributed by atoms with Gasteiger partial charge in [0.25, 0.3) is 0 Å². The van der Waals surface area contributed by atoms with Crippen molar-refractivity contribution in [2.75, 3.05) is 6.61 Å². The summed E-state index contributed by atoms with van der Waals surface area (Å²) in [7, 11) is 0. The highest BCUT2D eigenvalue weighted by molar-refractivity contribution is 5.91. The van der Waals surface area contributed by atoms with Crippen molar-refractivity contribution in [3.05, 3.63) is 34.4 Å². The standard InChI is InChI=1S/C12H13NO3/c1-3-16-12(15)10-5-4-9(7-14)11(6-13)8(10)2/h4-5,14H,3,7H2,1-2H3. The normalized spacial score (nSPS) is 9.62. The number of carbonyl (C=O) groups is 1. The average molecular weight is 219 g/mol. The maximum Gasteiger partial charge on any atom is 0.338 e. The monoisotopic (exact) mass is 219 g/mol. The van der Waals surface area contributed by atoms with E-state index in [2.05, 4.69) is 0 Å². The fraction of sp³-hybridized carbons (Fsp3) is 0.333. The molecule has 0 aromatic heterocycles. The highest BCUT2D eigenvalue weighted by Crippen LogP contribution is 2.19. The van der Waals surface area contributed by atoms with E-state index in [1.54, 1.807) is 26.0 Å². The Morgan fingerprint density at radius 1 is 1.56 bits per heavy atom. The molecule has 0 fully saturated rings. The zero-order valence-electron chi connectivity index (χ0n) is 9.28. The fourth-order valence-corrected chi connectivity index (χ4v) is 1.49. The van der Waals surface area contributed by atoms with Crippen LogP contribution in [0.1, 0.15) is 34.0 Å². The SMILES string of the molecule is CCOC(=O)c1ccc(CO)c(C#N)c1C. The van der Waals surface area contributed by atoms with Crippen LogP contribution in [0.5, 0.6) is 0 Å². The van der Waals surface area contributed by atoms with Crippen LogP contribution in [-0.4, -0.2) is 17.7 Å². The summed E-state index contributed by atoms with van der Waals surface area (Å²) in [4.78, 5) is 11.5. The van der Waals surface area contributed by atoms with Gasteiger partial charge < -0.3 is 9.84 Å². The van der Waals surface area contributed by atoms with E-state index in [0.717, 1.165) is 0 Å². The molecule has 0 amide bonds. The average Bonchev–Trinajstić information content (AvgIpc) is 2.28.